The molecule has 0 saturated carbocycles. The fourth-order valence-electron chi connectivity index (χ4n) is 2.27. The van der Waals surface area contributed by atoms with Gasteiger partial charge in [-0.2, -0.15) is 0 Å². The molecule has 0 amide bonds. The number of hydrogen-bond acceptors (Lipinski definition) is 2. The van der Waals surface area contributed by atoms with Crippen molar-refractivity contribution in [1.82, 2.24) is 0 Å². The first kappa shape index (κ1) is 13.4. The Kier molecular flexibility index (Phi) is 4.05. The van der Waals surface area contributed by atoms with Gasteiger partial charge in [0.2, 0.25) is 0 Å². The molecule has 3 nitrogen and oxygen atoms in total. The summed E-state index contributed by atoms with van der Waals surface area (Å²) in [7, 11) is 4.04. The van der Waals surface area contributed by atoms with Crippen molar-refractivity contribution in [2.45, 2.75) is 20.3 Å². The van der Waals surface area contributed by atoms with E-state index in [-0.39, 0.29) is 0 Å². The van der Waals surface area contributed by atoms with E-state index in [9.17, 15) is 0 Å². The summed E-state index contributed by atoms with van der Waals surface area (Å²) in [5, 5.41) is 6.77. The van der Waals surface area contributed by atoms with Crippen molar-refractivity contribution in [1.29, 1.82) is 0 Å². The van der Waals surface area contributed by atoms with Gasteiger partial charge in [-0.05, 0) is 31.0 Å². The standard InChI is InChI=1S/C16H21N3/c1-5-13-11-15(17-3)19(4)12(2)16(13)18-14-9-7-6-8-10-14/h6-11,18H,5H2,1-4H3/p+1. The minimum absolute atomic E-state index is 1.01. The van der Waals surface area contributed by atoms with Crippen LogP contribution in [0.15, 0.2) is 36.4 Å². The molecule has 2 aromatic rings. The lowest BCUT2D eigenvalue weighted by Crippen LogP contribution is -2.36. The lowest BCUT2D eigenvalue weighted by atomic mass is 10.1. The fraction of sp³-hybridized carbons (Fsp3) is 0.312. The van der Waals surface area contributed by atoms with Gasteiger partial charge in [0.15, 0.2) is 0 Å². The number of aryl methyl sites for hydroxylation is 1. The maximum absolute atomic E-state index is 3.54. The van der Waals surface area contributed by atoms with Gasteiger partial charge < -0.3 is 5.32 Å². The zero-order valence-corrected chi connectivity index (χ0v) is 12.1. The van der Waals surface area contributed by atoms with Gasteiger partial charge in [0.25, 0.3) is 5.82 Å². The van der Waals surface area contributed by atoms with Crippen LogP contribution in [0.2, 0.25) is 0 Å². The molecule has 0 aliphatic carbocycles. The minimum atomic E-state index is 1.01. The zero-order chi connectivity index (χ0) is 13.8. The number of para-hydroxylation sites is 1. The molecule has 1 aromatic carbocycles. The second-order valence-corrected chi connectivity index (χ2v) is 4.67. The minimum Gasteiger partial charge on any atom is -0.352 e. The number of hydrogen-bond donors (Lipinski definition) is 2. The lowest BCUT2D eigenvalue weighted by Gasteiger charge is -2.16. The molecule has 0 spiro atoms. The normalized spacial score (nSPS) is 10.3. The molecule has 2 rings (SSSR count). The molecule has 1 aromatic heterocycles. The Bertz CT molecular complexity index is 562. The van der Waals surface area contributed by atoms with Crippen LogP contribution in [0, 0.1) is 6.92 Å². The number of pyridine rings is 1. The molecule has 0 saturated heterocycles. The number of nitrogens with zero attached hydrogens (tertiary/aromatic N) is 1. The average Bonchev–Trinajstić information content (AvgIpc) is 2.45. The molecule has 19 heavy (non-hydrogen) atoms. The van der Waals surface area contributed by atoms with Crippen molar-refractivity contribution in [2.75, 3.05) is 17.7 Å². The van der Waals surface area contributed by atoms with Crippen LogP contribution in [0.4, 0.5) is 17.2 Å². The van der Waals surface area contributed by atoms with Gasteiger partial charge >= 0.3 is 0 Å². The van der Waals surface area contributed by atoms with Gasteiger partial charge in [-0.25, -0.2) is 4.57 Å². The molecule has 0 radical (unpaired) electrons. The summed E-state index contributed by atoms with van der Waals surface area (Å²) >= 11 is 0. The van der Waals surface area contributed by atoms with E-state index < -0.39 is 0 Å². The first-order valence-electron chi connectivity index (χ1n) is 6.69. The van der Waals surface area contributed by atoms with E-state index in [0.717, 1.165) is 17.9 Å². The van der Waals surface area contributed by atoms with E-state index in [1.54, 1.807) is 0 Å². The van der Waals surface area contributed by atoms with Crippen molar-refractivity contribution in [2.24, 2.45) is 7.05 Å². The Labute approximate surface area is 115 Å². The maximum Gasteiger partial charge on any atom is 0.274 e. The SMILES string of the molecule is CCc1cc(NC)[n+](C)c(C)c1Nc1ccccc1. The molecule has 0 unspecified atom stereocenters. The molecule has 0 atom stereocenters. The number of aromatic nitrogens is 1. The smallest absolute Gasteiger partial charge is 0.274 e. The van der Waals surface area contributed by atoms with Crippen molar-refractivity contribution < 1.29 is 4.57 Å². The van der Waals surface area contributed by atoms with Gasteiger partial charge in [-0.1, -0.05) is 25.1 Å². The van der Waals surface area contributed by atoms with Crippen LogP contribution >= 0.6 is 0 Å². The van der Waals surface area contributed by atoms with Crippen molar-refractivity contribution in [3.63, 3.8) is 0 Å². The monoisotopic (exact) mass is 256 g/mol. The summed E-state index contributed by atoms with van der Waals surface area (Å²) in [5.41, 5.74) is 4.88. The highest BCUT2D eigenvalue weighted by Crippen LogP contribution is 2.25. The fourth-order valence-corrected chi connectivity index (χ4v) is 2.27. The maximum atomic E-state index is 3.54. The van der Waals surface area contributed by atoms with Crippen LogP contribution in [0.3, 0.4) is 0 Å². The number of anilines is 3. The summed E-state index contributed by atoms with van der Waals surface area (Å²) in [6.45, 7) is 4.33. The van der Waals surface area contributed by atoms with E-state index in [0.29, 0.717) is 0 Å². The summed E-state index contributed by atoms with van der Waals surface area (Å²) in [6.07, 6.45) is 1.01. The number of benzene rings is 1. The van der Waals surface area contributed by atoms with E-state index in [1.165, 1.54) is 16.9 Å². The Balaban J connectivity index is 2.47. The van der Waals surface area contributed by atoms with Crippen LogP contribution in [0.25, 0.3) is 0 Å². The highest BCUT2D eigenvalue weighted by Gasteiger charge is 2.15. The van der Waals surface area contributed by atoms with Gasteiger partial charge in [-0.3, -0.25) is 5.32 Å². The van der Waals surface area contributed by atoms with Crippen LogP contribution in [0.1, 0.15) is 18.2 Å². The molecule has 3 heteroatoms. The van der Waals surface area contributed by atoms with E-state index in [2.05, 4.69) is 54.3 Å². The molecule has 0 aliphatic heterocycles. The summed E-state index contributed by atoms with van der Waals surface area (Å²) in [4.78, 5) is 0. The molecule has 2 N–H and O–H groups in total. The zero-order valence-electron chi connectivity index (χ0n) is 12.1. The quantitative estimate of drug-likeness (QED) is 0.822. The van der Waals surface area contributed by atoms with Crippen molar-refractivity contribution in [3.8, 4) is 0 Å². The Morgan fingerprint density at radius 2 is 1.84 bits per heavy atom. The molecular weight excluding hydrogens is 234 g/mol. The Hall–Kier alpha value is -2.03. The van der Waals surface area contributed by atoms with Gasteiger partial charge in [0.1, 0.15) is 5.69 Å². The third kappa shape index (κ3) is 2.70. The first-order chi connectivity index (χ1) is 9.17. The van der Waals surface area contributed by atoms with E-state index in [1.807, 2.05) is 25.2 Å². The number of rotatable bonds is 4. The predicted octanol–water partition coefficient (Wildman–Crippen LogP) is 3.17. The Morgan fingerprint density at radius 1 is 1.16 bits per heavy atom. The predicted molar refractivity (Wildman–Crippen MR) is 81.0 cm³/mol. The topological polar surface area (TPSA) is 27.9 Å². The Morgan fingerprint density at radius 3 is 2.42 bits per heavy atom. The molecule has 0 aliphatic rings. The van der Waals surface area contributed by atoms with Gasteiger partial charge in [0, 0.05) is 11.8 Å². The van der Waals surface area contributed by atoms with Crippen molar-refractivity contribution in [3.05, 3.63) is 47.7 Å². The first-order valence-corrected chi connectivity index (χ1v) is 6.69. The number of nitrogens with one attached hydrogen (secondary N) is 2. The highest BCUT2D eigenvalue weighted by atomic mass is 15.1. The van der Waals surface area contributed by atoms with Gasteiger partial charge in [-0.15, -0.1) is 0 Å². The van der Waals surface area contributed by atoms with Crippen LogP contribution < -0.4 is 15.2 Å². The highest BCUT2D eigenvalue weighted by molar-refractivity contribution is 5.65. The van der Waals surface area contributed by atoms with Crippen molar-refractivity contribution >= 4 is 17.2 Å². The third-order valence-corrected chi connectivity index (χ3v) is 3.54. The van der Waals surface area contributed by atoms with E-state index >= 15 is 0 Å². The molecule has 0 bridgehead atoms. The second-order valence-electron chi connectivity index (χ2n) is 4.67. The van der Waals surface area contributed by atoms with Crippen LogP contribution in [-0.4, -0.2) is 7.05 Å². The largest absolute Gasteiger partial charge is 0.352 e. The summed E-state index contributed by atoms with van der Waals surface area (Å²) < 4.78 is 2.17. The summed E-state index contributed by atoms with van der Waals surface area (Å²) in [6, 6.07) is 12.5. The molecule has 100 valence electrons. The third-order valence-electron chi connectivity index (χ3n) is 3.54. The van der Waals surface area contributed by atoms with Gasteiger partial charge in [0.05, 0.1) is 19.8 Å². The summed E-state index contributed by atoms with van der Waals surface area (Å²) in [5.74, 6) is 1.13. The second kappa shape index (κ2) is 5.74. The lowest BCUT2D eigenvalue weighted by molar-refractivity contribution is -0.662. The molecule has 0 fully saturated rings. The molecule has 1 heterocycles. The van der Waals surface area contributed by atoms with Crippen LogP contribution in [-0.2, 0) is 13.5 Å². The average molecular weight is 256 g/mol. The van der Waals surface area contributed by atoms with Crippen LogP contribution in [0.5, 0.6) is 0 Å². The van der Waals surface area contributed by atoms with E-state index in [4.69, 9.17) is 0 Å². The molecular formula is C16H22N3+.